The molecule has 3 N–H and O–H groups in total. The van der Waals surface area contributed by atoms with Gasteiger partial charge in [-0.15, -0.1) is 0 Å². The maximum atomic E-state index is 11.1. The Labute approximate surface area is 139 Å². The molecule has 5 nitrogen and oxygen atoms in total. The molecule has 0 radical (unpaired) electrons. The summed E-state index contributed by atoms with van der Waals surface area (Å²) in [4.78, 5) is 21.5. The predicted molar refractivity (Wildman–Crippen MR) is 90.4 cm³/mol. The van der Waals surface area contributed by atoms with Gasteiger partial charge in [0.05, 0.1) is 12.0 Å². The minimum absolute atomic E-state index is 0.245. The lowest BCUT2D eigenvalue weighted by Gasteiger charge is -2.14. The van der Waals surface area contributed by atoms with Gasteiger partial charge in [0.25, 0.3) is 0 Å². The smallest absolute Gasteiger partial charge is 0.306 e. The lowest BCUT2D eigenvalue weighted by molar-refractivity contribution is -0.143. The molecule has 0 heterocycles. The van der Waals surface area contributed by atoms with Crippen LogP contribution in [0, 0.1) is 5.92 Å². The number of rotatable bonds is 15. The van der Waals surface area contributed by atoms with Crippen LogP contribution in [0.5, 0.6) is 0 Å². The highest BCUT2D eigenvalue weighted by molar-refractivity contribution is 5.70. The average molecular weight is 328 g/mol. The topological polar surface area (TPSA) is 94.8 Å². The molecule has 0 aromatic rings. The molecular formula is C18H32O5. The fraction of sp³-hybridized carbons (Fsp3) is 0.778. The Hall–Kier alpha value is -1.36. The first-order valence-electron chi connectivity index (χ1n) is 8.76. The maximum absolute atomic E-state index is 11.1. The monoisotopic (exact) mass is 328 g/mol. The molecule has 0 spiro atoms. The maximum Gasteiger partial charge on any atom is 0.306 e. The lowest BCUT2D eigenvalue weighted by atomic mass is 9.95. The number of allylic oxidation sites excluding steroid dienone is 1. The summed E-state index contributed by atoms with van der Waals surface area (Å²) >= 11 is 0. The Kier molecular flexibility index (Phi) is 13.4. The number of carboxylic acid groups (broad SMARTS) is 2. The number of unbranched alkanes of at least 4 members (excludes halogenated alkanes) is 6. The van der Waals surface area contributed by atoms with Crippen LogP contribution in [-0.2, 0) is 9.59 Å². The van der Waals surface area contributed by atoms with Crippen LogP contribution in [0.4, 0.5) is 0 Å². The first-order valence-corrected chi connectivity index (χ1v) is 8.76. The predicted octanol–water partition coefficient (Wildman–Crippen LogP) is 4.00. The van der Waals surface area contributed by atoms with Gasteiger partial charge in [-0.3, -0.25) is 9.59 Å². The minimum Gasteiger partial charge on any atom is -0.481 e. The molecule has 0 bridgehead atoms. The van der Waals surface area contributed by atoms with E-state index in [2.05, 4.69) is 0 Å². The van der Waals surface area contributed by atoms with Crippen molar-refractivity contribution in [1.82, 2.24) is 0 Å². The van der Waals surface area contributed by atoms with Gasteiger partial charge in [0.15, 0.2) is 0 Å². The Morgan fingerprint density at radius 3 is 2.26 bits per heavy atom. The summed E-state index contributed by atoms with van der Waals surface area (Å²) in [6, 6.07) is 0. The van der Waals surface area contributed by atoms with Crippen molar-refractivity contribution in [2.75, 3.05) is 0 Å². The van der Waals surface area contributed by atoms with E-state index < -0.39 is 24.0 Å². The van der Waals surface area contributed by atoms with Gasteiger partial charge in [-0.05, 0) is 32.1 Å². The van der Waals surface area contributed by atoms with E-state index in [4.69, 9.17) is 10.2 Å². The number of aliphatic hydroxyl groups excluding tert-OH is 1. The number of hydrogen-bond acceptors (Lipinski definition) is 3. The molecule has 2 unspecified atom stereocenters. The van der Waals surface area contributed by atoms with Gasteiger partial charge in [0.2, 0.25) is 0 Å². The van der Waals surface area contributed by atoms with Gasteiger partial charge >= 0.3 is 11.9 Å². The van der Waals surface area contributed by atoms with Crippen LogP contribution in [0.2, 0.25) is 0 Å². The summed E-state index contributed by atoms with van der Waals surface area (Å²) < 4.78 is 0. The number of hydrogen-bond donors (Lipinski definition) is 3. The Morgan fingerprint density at radius 2 is 1.65 bits per heavy atom. The molecule has 2 atom stereocenters. The highest BCUT2D eigenvalue weighted by atomic mass is 16.4. The Bertz CT molecular complexity index is 351. The second kappa shape index (κ2) is 14.2. The zero-order valence-electron chi connectivity index (χ0n) is 14.2. The summed E-state index contributed by atoms with van der Waals surface area (Å²) in [7, 11) is 0. The molecule has 0 aliphatic heterocycles. The Balaban J connectivity index is 3.72. The highest BCUT2D eigenvalue weighted by Crippen LogP contribution is 2.16. The van der Waals surface area contributed by atoms with Gasteiger partial charge in [-0.2, -0.15) is 0 Å². The van der Waals surface area contributed by atoms with E-state index in [1.165, 1.54) is 0 Å². The first kappa shape index (κ1) is 21.6. The van der Waals surface area contributed by atoms with Crippen molar-refractivity contribution in [2.24, 2.45) is 5.92 Å². The summed E-state index contributed by atoms with van der Waals surface area (Å²) in [5.74, 6) is -2.03. The number of aliphatic carboxylic acids is 2. The van der Waals surface area contributed by atoms with Gasteiger partial charge in [-0.25, -0.2) is 0 Å². The van der Waals surface area contributed by atoms with Crippen molar-refractivity contribution in [2.45, 2.75) is 83.7 Å². The third-order valence-electron chi connectivity index (χ3n) is 3.90. The van der Waals surface area contributed by atoms with Crippen molar-refractivity contribution >= 4 is 11.9 Å². The van der Waals surface area contributed by atoms with Crippen molar-refractivity contribution in [3.63, 3.8) is 0 Å². The zero-order valence-corrected chi connectivity index (χ0v) is 14.2. The van der Waals surface area contributed by atoms with Crippen LogP contribution in [0.1, 0.15) is 77.6 Å². The van der Waals surface area contributed by atoms with Crippen molar-refractivity contribution < 1.29 is 24.9 Å². The van der Waals surface area contributed by atoms with E-state index in [9.17, 15) is 14.7 Å². The van der Waals surface area contributed by atoms with Crippen LogP contribution in [0.25, 0.3) is 0 Å². The molecule has 0 fully saturated rings. The van der Waals surface area contributed by atoms with E-state index in [0.29, 0.717) is 6.42 Å². The molecule has 0 saturated heterocycles. The Morgan fingerprint density at radius 1 is 1.00 bits per heavy atom. The highest BCUT2D eigenvalue weighted by Gasteiger charge is 2.19. The van der Waals surface area contributed by atoms with Crippen LogP contribution in [0.15, 0.2) is 12.2 Å². The number of carboxylic acids is 2. The standard InChI is InChI=1S/C18H32O5/c1-2-3-11-15(18(22)23)14-16(19)12-9-7-5-4-6-8-10-13-17(20)21/h9,12,15-16,19H,2-8,10-11,13-14H2,1H3,(H,20,21)(H,22,23). The first-order chi connectivity index (χ1) is 11.0. The molecule has 0 aromatic heterocycles. The van der Waals surface area contributed by atoms with E-state index in [1.54, 1.807) is 6.08 Å². The molecule has 134 valence electrons. The molecule has 23 heavy (non-hydrogen) atoms. The fourth-order valence-corrected chi connectivity index (χ4v) is 2.48. The SMILES string of the molecule is CCCCC(CC(O)C=CCCCCCCCC(=O)O)C(=O)O. The third-order valence-corrected chi connectivity index (χ3v) is 3.90. The molecule has 5 heteroatoms. The summed E-state index contributed by atoms with van der Waals surface area (Å²) in [5, 5.41) is 27.5. The fourth-order valence-electron chi connectivity index (χ4n) is 2.48. The lowest BCUT2D eigenvalue weighted by Crippen LogP contribution is -2.19. The second-order valence-corrected chi connectivity index (χ2v) is 6.11. The minimum atomic E-state index is -0.827. The van der Waals surface area contributed by atoms with E-state index in [-0.39, 0.29) is 12.8 Å². The summed E-state index contributed by atoms with van der Waals surface area (Å²) in [6.45, 7) is 2.02. The third kappa shape index (κ3) is 14.0. The van der Waals surface area contributed by atoms with Gasteiger partial charge in [0.1, 0.15) is 0 Å². The van der Waals surface area contributed by atoms with Crippen molar-refractivity contribution in [3.8, 4) is 0 Å². The van der Waals surface area contributed by atoms with Gasteiger partial charge in [-0.1, -0.05) is 51.2 Å². The van der Waals surface area contributed by atoms with Gasteiger partial charge in [0, 0.05) is 6.42 Å². The summed E-state index contributed by atoms with van der Waals surface area (Å²) in [5.41, 5.74) is 0. The van der Waals surface area contributed by atoms with E-state index in [1.807, 2.05) is 13.0 Å². The molecule has 0 saturated carbocycles. The molecular weight excluding hydrogens is 296 g/mol. The molecule has 0 aliphatic carbocycles. The summed E-state index contributed by atoms with van der Waals surface area (Å²) in [6.07, 6.45) is 11.5. The van der Waals surface area contributed by atoms with Crippen LogP contribution >= 0.6 is 0 Å². The van der Waals surface area contributed by atoms with Crippen LogP contribution in [0.3, 0.4) is 0 Å². The molecule has 0 aromatic carbocycles. The van der Waals surface area contributed by atoms with Crippen LogP contribution < -0.4 is 0 Å². The quantitative estimate of drug-likeness (QED) is 0.312. The van der Waals surface area contributed by atoms with Crippen LogP contribution in [-0.4, -0.2) is 33.4 Å². The van der Waals surface area contributed by atoms with E-state index in [0.717, 1.165) is 51.4 Å². The normalized spacial score (nSPS) is 14.0. The molecule has 0 aliphatic rings. The number of carbonyl (C=O) groups is 2. The molecule has 0 amide bonds. The van der Waals surface area contributed by atoms with Gasteiger partial charge < -0.3 is 15.3 Å². The zero-order chi connectivity index (χ0) is 17.5. The molecule has 0 rings (SSSR count). The van der Waals surface area contributed by atoms with E-state index >= 15 is 0 Å². The van der Waals surface area contributed by atoms with Crippen molar-refractivity contribution in [3.05, 3.63) is 12.2 Å². The van der Waals surface area contributed by atoms with Crippen molar-refractivity contribution in [1.29, 1.82) is 0 Å². The average Bonchev–Trinajstić information content (AvgIpc) is 2.49. The second-order valence-electron chi connectivity index (χ2n) is 6.11. The largest absolute Gasteiger partial charge is 0.481 e. The number of aliphatic hydroxyl groups is 1.